The molecule has 2 rings (SSSR count). The summed E-state index contributed by atoms with van der Waals surface area (Å²) in [5, 5.41) is 8.16. The molecule has 0 radical (unpaired) electrons. The fourth-order valence-corrected chi connectivity index (χ4v) is 3.81. The molecule has 0 N–H and O–H groups in total. The van der Waals surface area contributed by atoms with Crippen LogP contribution in [0.15, 0.2) is 22.7 Å². The van der Waals surface area contributed by atoms with Crippen LogP contribution in [0, 0.1) is 28.7 Å². The van der Waals surface area contributed by atoms with Gasteiger partial charge in [-0.2, -0.15) is 0 Å². The molecule has 3 atom stereocenters. The number of benzene rings is 1. The maximum absolute atomic E-state index is 14.0. The number of hydrogen-bond donors (Lipinski definition) is 0. The number of hydrogen-bond acceptors (Lipinski definition) is 3. The van der Waals surface area contributed by atoms with E-state index in [1.54, 1.807) is 19.4 Å². The van der Waals surface area contributed by atoms with Crippen molar-refractivity contribution >= 4 is 28.5 Å². The molecule has 6 heteroatoms. The second-order valence-corrected chi connectivity index (χ2v) is 9.67. The number of ether oxygens (including phenoxy) is 1. The molecule has 0 bridgehead atoms. The topological polar surface area (TPSA) is 42.2 Å². The Morgan fingerprint density at radius 3 is 2.57 bits per heavy atom. The molecule has 1 aliphatic rings. The summed E-state index contributed by atoms with van der Waals surface area (Å²) in [4.78, 5) is 0. The quantitative estimate of drug-likeness (QED) is 0.416. The van der Waals surface area contributed by atoms with E-state index in [1.807, 2.05) is 6.07 Å². The van der Waals surface area contributed by atoms with Gasteiger partial charge in [-0.15, -0.1) is 0 Å². The molecule has 1 aliphatic heterocycles. The Morgan fingerprint density at radius 2 is 2.07 bits per heavy atom. The summed E-state index contributed by atoms with van der Waals surface area (Å²) >= 11 is 3.41. The molecular formula is C22H32BBrFNO2. The molecule has 0 aliphatic carbocycles. The molecule has 1 fully saturated rings. The third-order valence-corrected chi connectivity index (χ3v) is 6.08. The maximum atomic E-state index is 14.0. The van der Waals surface area contributed by atoms with Crippen molar-refractivity contribution in [3.05, 3.63) is 34.1 Å². The van der Waals surface area contributed by atoms with Crippen LogP contribution in [0.1, 0.15) is 66.9 Å². The van der Waals surface area contributed by atoms with Crippen molar-refractivity contribution in [3.63, 3.8) is 0 Å². The predicted octanol–water partition coefficient (Wildman–Crippen LogP) is 6.02. The Kier molecular flexibility index (Phi) is 9.36. The van der Waals surface area contributed by atoms with Crippen molar-refractivity contribution in [2.45, 2.75) is 72.8 Å². The molecule has 154 valence electrons. The van der Waals surface area contributed by atoms with Crippen LogP contribution in [0.5, 0.6) is 0 Å². The summed E-state index contributed by atoms with van der Waals surface area (Å²) < 4.78 is 25.2. The van der Waals surface area contributed by atoms with Crippen LogP contribution in [-0.2, 0) is 14.8 Å². The van der Waals surface area contributed by atoms with Crippen LogP contribution < -0.4 is 0 Å². The monoisotopic (exact) mass is 451 g/mol. The van der Waals surface area contributed by atoms with Gasteiger partial charge in [0.25, 0.3) is 0 Å². The van der Waals surface area contributed by atoms with Gasteiger partial charge in [0.2, 0.25) is 0 Å². The van der Waals surface area contributed by atoms with E-state index in [0.717, 1.165) is 28.3 Å². The first-order chi connectivity index (χ1) is 13.0. The van der Waals surface area contributed by atoms with Crippen molar-refractivity contribution in [3.8, 4) is 6.26 Å². The summed E-state index contributed by atoms with van der Waals surface area (Å²) in [6.45, 7) is 15.3. The van der Waals surface area contributed by atoms with Gasteiger partial charge in [0.05, 0.1) is 12.7 Å². The summed E-state index contributed by atoms with van der Waals surface area (Å²) in [5.74, 6) is 0.274. The van der Waals surface area contributed by atoms with Crippen molar-refractivity contribution in [2.24, 2.45) is 11.3 Å². The van der Waals surface area contributed by atoms with Crippen LogP contribution in [0.2, 0.25) is 0 Å². The molecule has 3 unspecified atom stereocenters. The molecule has 3 nitrogen and oxygen atoms in total. The van der Waals surface area contributed by atoms with Gasteiger partial charge >= 0.3 is 68.3 Å². The molecule has 1 aromatic carbocycles. The van der Waals surface area contributed by atoms with Gasteiger partial charge in [-0.1, -0.05) is 29.8 Å². The van der Waals surface area contributed by atoms with Crippen LogP contribution in [-0.4, -0.2) is 25.3 Å². The third kappa shape index (κ3) is 6.70. The molecule has 0 spiro atoms. The average molecular weight is 452 g/mol. The van der Waals surface area contributed by atoms with E-state index in [1.165, 1.54) is 6.07 Å². The molecule has 0 amide bonds. The van der Waals surface area contributed by atoms with E-state index in [-0.39, 0.29) is 22.8 Å². The molecule has 0 aromatic heterocycles. The Hall–Kier alpha value is -1.19. The minimum absolute atomic E-state index is 0.103. The zero-order valence-electron chi connectivity index (χ0n) is 18.1. The summed E-state index contributed by atoms with van der Waals surface area (Å²) in [6, 6.07) is 5.14. The van der Waals surface area contributed by atoms with Crippen LogP contribution in [0.3, 0.4) is 0 Å². The normalized spacial score (nSPS) is 25.1. The van der Waals surface area contributed by atoms with Crippen molar-refractivity contribution in [2.75, 3.05) is 6.61 Å². The first-order valence-electron chi connectivity index (χ1n) is 9.77. The number of nitrogens with zero attached hydrogens (tertiary/aromatic N) is 1. The molecule has 1 aromatic rings. The SMILES string of the molecule is CC1CC(C)C(C)(c2cc(Br)ccc2F)CO1.CCC(=BOC#N)C(C)(C)C. The molecule has 1 saturated heterocycles. The standard InChI is InChI=1S/C14H18BrFO.C8H14BNO/c1-9-6-10(2)17-8-14(9,3)12-7-11(15)4-5-13(12)16;1-5-7(8(2,3)4)9-11-6-10/h4-5,7,9-10H,6,8H2,1-3H3;5H2,1-4H3. The average Bonchev–Trinajstić information content (AvgIpc) is 2.61. The summed E-state index contributed by atoms with van der Waals surface area (Å²) in [5.41, 5.74) is 1.77. The summed E-state index contributed by atoms with van der Waals surface area (Å²) in [7, 11) is 1.54. The third-order valence-electron chi connectivity index (χ3n) is 5.58. The summed E-state index contributed by atoms with van der Waals surface area (Å²) in [6.07, 6.45) is 3.80. The predicted molar refractivity (Wildman–Crippen MR) is 118 cm³/mol. The van der Waals surface area contributed by atoms with Crippen LogP contribution >= 0.6 is 15.9 Å². The van der Waals surface area contributed by atoms with E-state index >= 15 is 0 Å². The van der Waals surface area contributed by atoms with Gasteiger partial charge in [-0.05, 0) is 43.0 Å². The minimum atomic E-state index is -0.236. The van der Waals surface area contributed by atoms with Crippen molar-refractivity contribution < 1.29 is 13.8 Å². The zero-order valence-corrected chi connectivity index (χ0v) is 19.7. The van der Waals surface area contributed by atoms with E-state index in [2.05, 4.69) is 69.1 Å². The molecule has 28 heavy (non-hydrogen) atoms. The van der Waals surface area contributed by atoms with Crippen molar-refractivity contribution in [1.82, 2.24) is 0 Å². The van der Waals surface area contributed by atoms with Crippen molar-refractivity contribution in [1.29, 1.82) is 5.26 Å². The van der Waals surface area contributed by atoms with E-state index in [4.69, 9.17) is 10.00 Å². The van der Waals surface area contributed by atoms with Crippen LogP contribution in [0.25, 0.3) is 0 Å². The Bertz CT molecular complexity index is 726. The fraction of sp³-hybridized carbons (Fsp3) is 0.636. The number of nitriles is 1. The molecular weight excluding hydrogens is 420 g/mol. The first kappa shape index (κ1) is 24.9. The first-order valence-corrected chi connectivity index (χ1v) is 10.6. The van der Waals surface area contributed by atoms with E-state index in [0.29, 0.717) is 12.5 Å². The Balaban J connectivity index is 0.000000311. The van der Waals surface area contributed by atoms with E-state index in [9.17, 15) is 4.39 Å². The van der Waals surface area contributed by atoms with Gasteiger partial charge < -0.3 is 4.74 Å². The molecule has 1 heterocycles. The van der Waals surface area contributed by atoms with Gasteiger partial charge in [0.15, 0.2) is 0 Å². The second kappa shape index (κ2) is 10.6. The Labute approximate surface area is 178 Å². The molecule has 0 saturated carbocycles. The Morgan fingerprint density at radius 1 is 1.43 bits per heavy atom. The number of rotatable bonds is 3. The zero-order chi connectivity index (χ0) is 21.5. The van der Waals surface area contributed by atoms with E-state index < -0.39 is 0 Å². The van der Waals surface area contributed by atoms with Gasteiger partial charge in [0.1, 0.15) is 5.82 Å². The second-order valence-electron chi connectivity index (χ2n) is 8.76. The van der Waals surface area contributed by atoms with Gasteiger partial charge in [0, 0.05) is 9.89 Å². The van der Waals surface area contributed by atoms with Crippen LogP contribution in [0.4, 0.5) is 4.39 Å². The van der Waals surface area contributed by atoms with Gasteiger partial charge in [-0.25, -0.2) is 4.39 Å². The van der Waals surface area contributed by atoms with Gasteiger partial charge in [-0.3, -0.25) is 0 Å². The fourth-order valence-electron chi connectivity index (χ4n) is 3.45. The number of halogens is 2.